The molecule has 0 unspecified atom stereocenters. The van der Waals surface area contributed by atoms with E-state index >= 15 is 0 Å². The molecule has 0 bridgehead atoms. The molecule has 0 spiro atoms. The van der Waals surface area contributed by atoms with Crippen molar-refractivity contribution in [2.24, 2.45) is 0 Å². The quantitative estimate of drug-likeness (QED) is 0.110. The van der Waals surface area contributed by atoms with Crippen molar-refractivity contribution in [3.05, 3.63) is 106 Å². The van der Waals surface area contributed by atoms with Crippen LogP contribution in [0.1, 0.15) is 124 Å². The van der Waals surface area contributed by atoms with E-state index in [-0.39, 0.29) is 54.1 Å². The number of hydrogen-bond acceptors (Lipinski definition) is 9. The fraction of sp³-hybridized carbons (Fsp3) is 0.538. The summed E-state index contributed by atoms with van der Waals surface area (Å²) < 4.78 is 6.34. The highest BCUT2D eigenvalue weighted by Crippen LogP contribution is 2.33. The normalized spacial score (nSPS) is 22.3. The number of carbonyl (C=O) groups is 6. The van der Waals surface area contributed by atoms with E-state index in [2.05, 4.69) is 56.2 Å². The van der Waals surface area contributed by atoms with Crippen LogP contribution in [0.25, 0.3) is 0 Å². The van der Waals surface area contributed by atoms with E-state index in [1.165, 1.54) is 11.1 Å². The minimum absolute atomic E-state index is 0.126. The predicted molar refractivity (Wildman–Crippen MR) is 255 cm³/mol. The number of rotatable bonds is 18. The first-order chi connectivity index (χ1) is 32.4. The van der Waals surface area contributed by atoms with Gasteiger partial charge < -0.3 is 46.4 Å². The Labute approximate surface area is 395 Å². The van der Waals surface area contributed by atoms with Crippen LogP contribution in [-0.4, -0.2) is 115 Å². The van der Waals surface area contributed by atoms with Gasteiger partial charge in [-0.25, -0.2) is 0 Å². The number of benzene rings is 3. The van der Waals surface area contributed by atoms with Crippen LogP contribution >= 0.6 is 0 Å². The van der Waals surface area contributed by atoms with Crippen molar-refractivity contribution in [1.29, 1.82) is 0 Å². The Morgan fingerprint density at radius 1 is 0.627 bits per heavy atom. The average molecular weight is 919 g/mol. The Bertz CT molecular complexity index is 2250. The lowest BCUT2D eigenvalue weighted by molar-refractivity contribution is -0.145. The van der Waals surface area contributed by atoms with E-state index < -0.39 is 42.4 Å². The SMILES string of the molecule is CN[C@@H](C)C(=O)N[C@H](C(=O)N1CCC[C@H]1C(=O)N[C@@H]1CCCc2ccccc21)c1cccc(CCO[C@H](C)[C@H](NC(=O)[C@H](C)NC)C(=O)N2CCC[C@H]2C(=O)N[C@@H]2CCCc3ccccc32)c1. The Balaban J connectivity index is 1.03. The number of carbonyl (C=O) groups excluding carboxylic acids is 6. The number of nitrogens with zero attached hydrogens (tertiary/aromatic N) is 2. The van der Waals surface area contributed by atoms with Gasteiger partial charge in [0.15, 0.2) is 0 Å². The summed E-state index contributed by atoms with van der Waals surface area (Å²) in [4.78, 5) is 86.9. The molecule has 0 radical (unpaired) electrons. The molecule has 0 saturated carbocycles. The van der Waals surface area contributed by atoms with Gasteiger partial charge in [-0.3, -0.25) is 28.8 Å². The Morgan fingerprint density at radius 2 is 1.15 bits per heavy atom. The number of fused-ring (bicyclic) bond motifs is 2. The van der Waals surface area contributed by atoms with E-state index in [1.54, 1.807) is 50.7 Å². The van der Waals surface area contributed by atoms with Crippen molar-refractivity contribution in [3.8, 4) is 0 Å². The van der Waals surface area contributed by atoms with Crippen molar-refractivity contribution < 1.29 is 33.5 Å². The molecule has 6 N–H and O–H groups in total. The van der Waals surface area contributed by atoms with Crippen molar-refractivity contribution in [2.75, 3.05) is 33.8 Å². The first kappa shape index (κ1) is 49.3. The van der Waals surface area contributed by atoms with Gasteiger partial charge in [-0.1, -0.05) is 72.8 Å². The van der Waals surface area contributed by atoms with Crippen LogP contribution in [-0.2, 0) is 52.8 Å². The number of aryl methyl sites for hydroxylation is 2. The first-order valence-corrected chi connectivity index (χ1v) is 24.4. The second-order valence-corrected chi connectivity index (χ2v) is 18.7. The van der Waals surface area contributed by atoms with Crippen molar-refractivity contribution in [1.82, 2.24) is 41.7 Å². The van der Waals surface area contributed by atoms with Gasteiger partial charge in [0, 0.05) is 13.1 Å². The summed E-state index contributed by atoms with van der Waals surface area (Å²) in [5.41, 5.74) is 6.09. The molecule has 2 fully saturated rings. The Morgan fingerprint density at radius 3 is 1.70 bits per heavy atom. The van der Waals surface area contributed by atoms with Crippen LogP contribution in [0, 0.1) is 0 Å². The lowest BCUT2D eigenvalue weighted by atomic mass is 9.87. The molecule has 0 aromatic heterocycles. The average Bonchev–Trinajstić information content (AvgIpc) is 4.06. The summed E-state index contributed by atoms with van der Waals surface area (Å²) in [6.07, 6.45) is 7.50. The zero-order chi connectivity index (χ0) is 47.6. The minimum Gasteiger partial charge on any atom is -0.375 e. The molecule has 67 heavy (non-hydrogen) atoms. The van der Waals surface area contributed by atoms with Gasteiger partial charge in [0.1, 0.15) is 24.2 Å². The largest absolute Gasteiger partial charge is 0.375 e. The molecule has 9 atom stereocenters. The van der Waals surface area contributed by atoms with Crippen molar-refractivity contribution in [3.63, 3.8) is 0 Å². The number of likely N-dealkylation sites (N-methyl/N-ethyl adjacent to an activating group) is 2. The van der Waals surface area contributed by atoms with Crippen LogP contribution in [0.3, 0.4) is 0 Å². The van der Waals surface area contributed by atoms with E-state index in [0.29, 0.717) is 50.8 Å². The maximum atomic E-state index is 14.6. The summed E-state index contributed by atoms with van der Waals surface area (Å²) in [5.74, 6) is -1.85. The molecule has 2 aliphatic carbocycles. The molecular formula is C52H70N8O7. The van der Waals surface area contributed by atoms with Gasteiger partial charge in [0.25, 0.3) is 0 Å². The topological polar surface area (TPSA) is 190 Å². The summed E-state index contributed by atoms with van der Waals surface area (Å²) in [6, 6.07) is 18.8. The third-order valence-electron chi connectivity index (χ3n) is 14.3. The fourth-order valence-electron chi connectivity index (χ4n) is 10.2. The number of hydrogen-bond donors (Lipinski definition) is 6. The standard InChI is InChI=1S/C52H70N8O7/c1-32(53-4)47(61)57-45(51(65)59-28-13-25-43(59)49(63)55-41-23-11-18-36-16-6-8-21-39(36)41)34(3)67-30-27-35-15-10-20-38(31-35)46(58-48(62)33(2)54-5)52(66)60-29-14-26-44(60)50(64)56-42-24-12-19-37-17-7-9-22-40(37)42/h6-10,15-17,20-22,31-34,41-46,53-54H,11-14,18-19,23-30H2,1-5H3,(H,55,63)(H,56,64)(H,57,61)(H,58,62)/t32-,33-,34+,41+,42+,43-,44-,45-,46-/m0/s1. The summed E-state index contributed by atoms with van der Waals surface area (Å²) in [6.45, 7) is 6.10. The highest BCUT2D eigenvalue weighted by Gasteiger charge is 2.42. The predicted octanol–water partition coefficient (Wildman–Crippen LogP) is 3.86. The molecular weight excluding hydrogens is 849 g/mol. The van der Waals surface area contributed by atoms with Crippen LogP contribution in [0.5, 0.6) is 0 Å². The Hall–Kier alpha value is -5.64. The van der Waals surface area contributed by atoms with Gasteiger partial charge in [-0.15, -0.1) is 0 Å². The zero-order valence-corrected chi connectivity index (χ0v) is 39.8. The summed E-state index contributed by atoms with van der Waals surface area (Å²) >= 11 is 0. The maximum Gasteiger partial charge on any atom is 0.250 e. The number of ether oxygens (including phenoxy) is 1. The van der Waals surface area contributed by atoms with Gasteiger partial charge in [0.05, 0.1) is 36.9 Å². The molecule has 6 amide bonds. The number of amides is 6. The van der Waals surface area contributed by atoms with Crippen LogP contribution < -0.4 is 31.9 Å². The van der Waals surface area contributed by atoms with Gasteiger partial charge in [-0.2, -0.15) is 0 Å². The van der Waals surface area contributed by atoms with E-state index in [4.69, 9.17) is 4.74 Å². The Kier molecular flexibility index (Phi) is 16.8. The van der Waals surface area contributed by atoms with Gasteiger partial charge in [-0.05, 0) is 139 Å². The summed E-state index contributed by atoms with van der Waals surface area (Å²) in [5, 5.41) is 18.3. The number of likely N-dealkylation sites (tertiary alicyclic amines) is 2. The second-order valence-electron chi connectivity index (χ2n) is 18.7. The lowest BCUT2D eigenvalue weighted by Gasteiger charge is -2.33. The minimum atomic E-state index is -1.07. The van der Waals surface area contributed by atoms with E-state index in [0.717, 1.165) is 55.2 Å². The van der Waals surface area contributed by atoms with Crippen LogP contribution in [0.15, 0.2) is 72.8 Å². The zero-order valence-electron chi connectivity index (χ0n) is 39.8. The highest BCUT2D eigenvalue weighted by molar-refractivity contribution is 5.95. The summed E-state index contributed by atoms with van der Waals surface area (Å²) in [7, 11) is 3.34. The molecule has 2 saturated heterocycles. The first-order valence-electron chi connectivity index (χ1n) is 24.4. The molecule has 7 rings (SSSR count). The van der Waals surface area contributed by atoms with Crippen LogP contribution in [0.2, 0.25) is 0 Å². The van der Waals surface area contributed by atoms with E-state index in [9.17, 15) is 28.8 Å². The van der Waals surface area contributed by atoms with Gasteiger partial charge >= 0.3 is 0 Å². The van der Waals surface area contributed by atoms with E-state index in [1.807, 2.05) is 42.5 Å². The molecule has 3 aromatic carbocycles. The molecule has 3 aromatic rings. The highest BCUT2D eigenvalue weighted by atomic mass is 16.5. The maximum absolute atomic E-state index is 14.6. The lowest BCUT2D eigenvalue weighted by Crippen LogP contribution is -2.59. The van der Waals surface area contributed by atoms with Gasteiger partial charge in [0.2, 0.25) is 35.4 Å². The third-order valence-corrected chi connectivity index (χ3v) is 14.3. The van der Waals surface area contributed by atoms with Crippen molar-refractivity contribution in [2.45, 2.75) is 146 Å². The molecule has 4 aliphatic rings. The molecule has 15 nitrogen and oxygen atoms in total. The smallest absolute Gasteiger partial charge is 0.250 e. The molecule has 2 heterocycles. The third kappa shape index (κ3) is 11.7. The fourth-order valence-corrected chi connectivity index (χ4v) is 10.2. The molecule has 360 valence electrons. The van der Waals surface area contributed by atoms with Crippen LogP contribution in [0.4, 0.5) is 0 Å². The van der Waals surface area contributed by atoms with Crippen molar-refractivity contribution >= 4 is 35.4 Å². The second kappa shape index (κ2) is 22.9. The number of nitrogens with one attached hydrogen (secondary N) is 6. The monoisotopic (exact) mass is 919 g/mol. The molecule has 2 aliphatic heterocycles. The molecule has 15 heteroatoms.